The number of rotatable bonds is 3. The Balaban J connectivity index is 2.28. The number of hydrogen-bond acceptors (Lipinski definition) is 2. The molecule has 2 aromatic rings. The van der Waals surface area contributed by atoms with Crippen molar-refractivity contribution in [3.63, 3.8) is 0 Å². The summed E-state index contributed by atoms with van der Waals surface area (Å²) in [5.41, 5.74) is 0.775. The van der Waals surface area contributed by atoms with Gasteiger partial charge in [-0.15, -0.1) is 0 Å². The molecule has 0 aliphatic rings. The number of benzene rings is 2. The fourth-order valence-corrected chi connectivity index (χ4v) is 2.18. The van der Waals surface area contributed by atoms with Crippen molar-refractivity contribution < 1.29 is 14.7 Å². The zero-order chi connectivity index (χ0) is 13.8. The largest absolute Gasteiger partial charge is 0.478 e. The number of anilines is 1. The van der Waals surface area contributed by atoms with Gasteiger partial charge in [-0.05, 0) is 52.9 Å². The topological polar surface area (TPSA) is 66.4 Å². The van der Waals surface area contributed by atoms with Crippen LogP contribution in [-0.2, 0) is 0 Å². The first-order chi connectivity index (χ1) is 9.08. The average Bonchev–Trinajstić information content (AvgIpc) is 2.38. The molecule has 0 heterocycles. The standard InChI is InChI=1S/C14H10INO3/c15-9-4-3-5-10(8-9)16-13(17)11-6-1-2-7-12(11)14(18)19/h1-8H,(H,16,17)(H,18,19). The van der Waals surface area contributed by atoms with Gasteiger partial charge in [0.2, 0.25) is 0 Å². The highest BCUT2D eigenvalue weighted by Crippen LogP contribution is 2.15. The molecule has 4 nitrogen and oxygen atoms in total. The van der Waals surface area contributed by atoms with Gasteiger partial charge in [0.15, 0.2) is 0 Å². The summed E-state index contributed by atoms with van der Waals surface area (Å²) in [7, 11) is 0. The summed E-state index contributed by atoms with van der Waals surface area (Å²) in [5, 5.41) is 11.7. The van der Waals surface area contributed by atoms with Crippen LogP contribution in [0.15, 0.2) is 48.5 Å². The Morgan fingerprint density at radius 3 is 2.32 bits per heavy atom. The number of halogens is 1. The molecule has 96 valence electrons. The van der Waals surface area contributed by atoms with E-state index in [0.717, 1.165) is 3.57 Å². The van der Waals surface area contributed by atoms with Crippen molar-refractivity contribution in [3.05, 3.63) is 63.2 Å². The predicted octanol–water partition coefficient (Wildman–Crippen LogP) is 3.24. The average molecular weight is 367 g/mol. The molecule has 0 fully saturated rings. The summed E-state index contributed by atoms with van der Waals surface area (Å²) in [6, 6.07) is 13.4. The quantitative estimate of drug-likeness (QED) is 0.819. The Kier molecular flexibility index (Phi) is 4.16. The summed E-state index contributed by atoms with van der Waals surface area (Å²) in [6.07, 6.45) is 0. The first-order valence-electron chi connectivity index (χ1n) is 5.47. The van der Waals surface area contributed by atoms with E-state index in [2.05, 4.69) is 27.9 Å². The summed E-state index contributed by atoms with van der Waals surface area (Å²) in [4.78, 5) is 23.1. The maximum absolute atomic E-state index is 12.1. The number of carboxylic acid groups (broad SMARTS) is 1. The van der Waals surface area contributed by atoms with Gasteiger partial charge < -0.3 is 10.4 Å². The molecule has 0 aliphatic carbocycles. The molecular weight excluding hydrogens is 357 g/mol. The van der Waals surface area contributed by atoms with Crippen LogP contribution in [0.4, 0.5) is 5.69 Å². The lowest BCUT2D eigenvalue weighted by atomic mass is 10.1. The van der Waals surface area contributed by atoms with Crippen molar-refractivity contribution in [2.45, 2.75) is 0 Å². The Hall–Kier alpha value is -1.89. The zero-order valence-electron chi connectivity index (χ0n) is 9.76. The van der Waals surface area contributed by atoms with Crippen LogP contribution in [0, 0.1) is 3.57 Å². The minimum absolute atomic E-state index is 0.00868. The Bertz CT molecular complexity index is 640. The molecule has 1 amide bonds. The molecule has 0 saturated heterocycles. The lowest BCUT2D eigenvalue weighted by molar-refractivity contribution is 0.0692. The number of carbonyl (C=O) groups excluding carboxylic acids is 1. The van der Waals surface area contributed by atoms with Gasteiger partial charge in [0.1, 0.15) is 0 Å². The Morgan fingerprint density at radius 1 is 1.00 bits per heavy atom. The maximum atomic E-state index is 12.1. The minimum Gasteiger partial charge on any atom is -0.478 e. The SMILES string of the molecule is O=C(O)c1ccccc1C(=O)Nc1cccc(I)c1. The van der Waals surface area contributed by atoms with Crippen molar-refractivity contribution in [1.29, 1.82) is 0 Å². The second-order valence-electron chi connectivity index (χ2n) is 3.82. The normalized spacial score (nSPS) is 9.95. The highest BCUT2D eigenvalue weighted by atomic mass is 127. The van der Waals surface area contributed by atoms with Crippen LogP contribution in [0.5, 0.6) is 0 Å². The van der Waals surface area contributed by atoms with Crippen LogP contribution in [0.1, 0.15) is 20.7 Å². The summed E-state index contributed by atoms with van der Waals surface area (Å²) in [5.74, 6) is -1.55. The van der Waals surface area contributed by atoms with E-state index in [1.54, 1.807) is 18.2 Å². The monoisotopic (exact) mass is 367 g/mol. The van der Waals surface area contributed by atoms with Gasteiger partial charge in [-0.25, -0.2) is 4.79 Å². The van der Waals surface area contributed by atoms with Crippen LogP contribution in [0.25, 0.3) is 0 Å². The van der Waals surface area contributed by atoms with E-state index >= 15 is 0 Å². The van der Waals surface area contributed by atoms with Gasteiger partial charge in [-0.3, -0.25) is 4.79 Å². The van der Waals surface area contributed by atoms with E-state index in [-0.39, 0.29) is 11.1 Å². The lowest BCUT2D eigenvalue weighted by Crippen LogP contribution is -2.16. The Morgan fingerprint density at radius 2 is 1.68 bits per heavy atom. The van der Waals surface area contributed by atoms with Gasteiger partial charge in [0, 0.05) is 9.26 Å². The van der Waals surface area contributed by atoms with Gasteiger partial charge in [-0.1, -0.05) is 18.2 Å². The van der Waals surface area contributed by atoms with Crippen molar-refractivity contribution >= 4 is 40.2 Å². The summed E-state index contributed by atoms with van der Waals surface area (Å²) >= 11 is 2.14. The number of nitrogens with one attached hydrogen (secondary N) is 1. The molecule has 2 aromatic carbocycles. The fourth-order valence-electron chi connectivity index (χ4n) is 1.63. The second-order valence-corrected chi connectivity index (χ2v) is 5.06. The second kappa shape index (κ2) is 5.83. The van der Waals surface area contributed by atoms with Crippen LogP contribution >= 0.6 is 22.6 Å². The number of carboxylic acids is 1. The number of aromatic carboxylic acids is 1. The third-order valence-electron chi connectivity index (χ3n) is 2.48. The van der Waals surface area contributed by atoms with Crippen LogP contribution < -0.4 is 5.32 Å². The van der Waals surface area contributed by atoms with Crippen molar-refractivity contribution in [1.82, 2.24) is 0 Å². The first-order valence-corrected chi connectivity index (χ1v) is 6.55. The van der Waals surface area contributed by atoms with Gasteiger partial charge >= 0.3 is 5.97 Å². The predicted molar refractivity (Wildman–Crippen MR) is 80.5 cm³/mol. The molecule has 2 rings (SSSR count). The molecule has 0 spiro atoms. The highest BCUT2D eigenvalue weighted by molar-refractivity contribution is 14.1. The molecule has 5 heteroatoms. The van der Waals surface area contributed by atoms with Crippen molar-refractivity contribution in [3.8, 4) is 0 Å². The van der Waals surface area contributed by atoms with Crippen LogP contribution in [-0.4, -0.2) is 17.0 Å². The van der Waals surface area contributed by atoms with E-state index < -0.39 is 11.9 Å². The van der Waals surface area contributed by atoms with E-state index in [9.17, 15) is 9.59 Å². The maximum Gasteiger partial charge on any atom is 0.336 e. The molecule has 0 aliphatic heterocycles. The van der Waals surface area contributed by atoms with E-state index in [4.69, 9.17) is 5.11 Å². The lowest BCUT2D eigenvalue weighted by Gasteiger charge is -2.07. The highest BCUT2D eigenvalue weighted by Gasteiger charge is 2.15. The van der Waals surface area contributed by atoms with Crippen molar-refractivity contribution in [2.24, 2.45) is 0 Å². The molecule has 0 bridgehead atoms. The van der Waals surface area contributed by atoms with Gasteiger partial charge in [0.05, 0.1) is 11.1 Å². The molecule has 0 unspecified atom stereocenters. The van der Waals surface area contributed by atoms with E-state index in [1.165, 1.54) is 12.1 Å². The summed E-state index contributed by atoms with van der Waals surface area (Å²) in [6.45, 7) is 0. The molecular formula is C14H10INO3. The number of hydrogen-bond donors (Lipinski definition) is 2. The summed E-state index contributed by atoms with van der Waals surface area (Å²) < 4.78 is 0.988. The minimum atomic E-state index is -1.12. The van der Waals surface area contributed by atoms with Crippen LogP contribution in [0.3, 0.4) is 0 Å². The van der Waals surface area contributed by atoms with E-state index in [0.29, 0.717) is 5.69 Å². The zero-order valence-corrected chi connectivity index (χ0v) is 11.9. The number of carbonyl (C=O) groups is 2. The van der Waals surface area contributed by atoms with Gasteiger partial charge in [0.25, 0.3) is 5.91 Å². The number of amides is 1. The van der Waals surface area contributed by atoms with E-state index in [1.807, 2.05) is 18.2 Å². The molecule has 0 aromatic heterocycles. The molecule has 2 N–H and O–H groups in total. The Labute approximate surface area is 123 Å². The van der Waals surface area contributed by atoms with Crippen LogP contribution in [0.2, 0.25) is 0 Å². The van der Waals surface area contributed by atoms with Crippen molar-refractivity contribution in [2.75, 3.05) is 5.32 Å². The first kappa shape index (κ1) is 13.5. The third-order valence-corrected chi connectivity index (χ3v) is 3.16. The molecule has 0 radical (unpaired) electrons. The smallest absolute Gasteiger partial charge is 0.336 e. The molecule has 0 atom stereocenters. The molecule has 19 heavy (non-hydrogen) atoms. The molecule has 0 saturated carbocycles. The fraction of sp³-hybridized carbons (Fsp3) is 0. The van der Waals surface area contributed by atoms with Gasteiger partial charge in [-0.2, -0.15) is 0 Å². The third kappa shape index (κ3) is 3.31.